The lowest BCUT2D eigenvalue weighted by molar-refractivity contribution is -0.136. The van der Waals surface area contributed by atoms with E-state index in [9.17, 15) is 4.79 Å². The number of hydrogen-bond donors (Lipinski definition) is 1. The van der Waals surface area contributed by atoms with Crippen molar-refractivity contribution in [1.82, 2.24) is 4.90 Å². The van der Waals surface area contributed by atoms with Gasteiger partial charge < -0.3 is 10.6 Å². The van der Waals surface area contributed by atoms with E-state index in [0.717, 1.165) is 19.4 Å². The lowest BCUT2D eigenvalue weighted by Crippen LogP contribution is -2.44. The zero-order valence-electron chi connectivity index (χ0n) is 11.2. The molecule has 0 atom stereocenters. The summed E-state index contributed by atoms with van der Waals surface area (Å²) in [4.78, 5) is 14.5. The van der Waals surface area contributed by atoms with Crippen LogP contribution < -0.4 is 5.73 Å². The average Bonchev–Trinajstić information content (AvgIpc) is 3.03. The van der Waals surface area contributed by atoms with E-state index in [0.29, 0.717) is 30.8 Å². The molecule has 0 heterocycles. The van der Waals surface area contributed by atoms with Gasteiger partial charge in [0, 0.05) is 19.0 Å². The van der Waals surface area contributed by atoms with Crippen molar-refractivity contribution in [2.24, 2.45) is 17.1 Å². The molecule has 98 valence electrons. The molecule has 3 nitrogen and oxygen atoms in total. The maximum Gasteiger partial charge on any atom is 0.223 e. The summed E-state index contributed by atoms with van der Waals surface area (Å²) in [5, 5.41) is 0. The number of hydrogen-bond acceptors (Lipinski definition) is 2. The summed E-state index contributed by atoms with van der Waals surface area (Å²) in [6.07, 6.45) is 6.64. The molecule has 0 radical (unpaired) electrons. The first-order valence-corrected chi connectivity index (χ1v) is 7.06. The van der Waals surface area contributed by atoms with Gasteiger partial charge in [-0.25, -0.2) is 0 Å². The van der Waals surface area contributed by atoms with E-state index in [1.807, 2.05) is 0 Å². The highest BCUT2D eigenvalue weighted by molar-refractivity contribution is 5.77. The van der Waals surface area contributed by atoms with Gasteiger partial charge in [0.1, 0.15) is 0 Å². The van der Waals surface area contributed by atoms with Crippen LogP contribution in [-0.4, -0.2) is 29.9 Å². The second-order valence-corrected chi connectivity index (χ2v) is 6.41. The van der Waals surface area contributed by atoms with Crippen LogP contribution in [0.25, 0.3) is 0 Å². The van der Waals surface area contributed by atoms with Crippen molar-refractivity contribution >= 4 is 5.91 Å². The van der Waals surface area contributed by atoms with Crippen LogP contribution >= 0.6 is 0 Å². The summed E-state index contributed by atoms with van der Waals surface area (Å²) in [5.74, 6) is 0.918. The zero-order valence-corrected chi connectivity index (χ0v) is 11.2. The van der Waals surface area contributed by atoms with Crippen molar-refractivity contribution in [3.8, 4) is 0 Å². The number of nitrogens with two attached hydrogens (primary N) is 1. The van der Waals surface area contributed by atoms with Gasteiger partial charge in [0.05, 0.1) is 0 Å². The molecule has 0 aliphatic heterocycles. The number of rotatable bonds is 6. The van der Waals surface area contributed by atoms with Crippen molar-refractivity contribution in [3.63, 3.8) is 0 Å². The van der Waals surface area contributed by atoms with E-state index in [1.54, 1.807) is 0 Å². The van der Waals surface area contributed by atoms with Crippen molar-refractivity contribution in [2.75, 3.05) is 13.1 Å². The Balaban J connectivity index is 1.91. The molecule has 1 amide bonds. The molecule has 0 bridgehead atoms. The van der Waals surface area contributed by atoms with Gasteiger partial charge in [-0.05, 0) is 43.6 Å². The quantitative estimate of drug-likeness (QED) is 0.770. The van der Waals surface area contributed by atoms with Gasteiger partial charge in [-0.3, -0.25) is 4.79 Å². The van der Waals surface area contributed by atoms with E-state index < -0.39 is 0 Å². The summed E-state index contributed by atoms with van der Waals surface area (Å²) in [5.41, 5.74) is 5.99. The second kappa shape index (κ2) is 4.97. The van der Waals surface area contributed by atoms with Gasteiger partial charge in [-0.15, -0.1) is 0 Å². The van der Waals surface area contributed by atoms with Gasteiger partial charge in [0.15, 0.2) is 0 Å². The first-order chi connectivity index (χ1) is 8.06. The number of carbonyl (C=O) groups excluding carboxylic acids is 1. The molecular formula is C14H26N2O. The van der Waals surface area contributed by atoms with Crippen LogP contribution in [0.4, 0.5) is 0 Å². The largest absolute Gasteiger partial charge is 0.339 e. The third-order valence-corrected chi connectivity index (χ3v) is 4.24. The SMILES string of the molecule is CC(C)CN(C(=O)CC1(CN)CCC1)C1CC1. The van der Waals surface area contributed by atoms with Gasteiger partial charge in [-0.1, -0.05) is 20.3 Å². The molecule has 0 spiro atoms. The Bertz CT molecular complexity index is 274. The number of amides is 1. The molecular weight excluding hydrogens is 212 g/mol. The van der Waals surface area contributed by atoms with Crippen LogP contribution in [0.1, 0.15) is 52.4 Å². The van der Waals surface area contributed by atoms with E-state index in [2.05, 4.69) is 18.7 Å². The summed E-state index contributed by atoms with van der Waals surface area (Å²) >= 11 is 0. The van der Waals surface area contributed by atoms with Crippen LogP contribution in [0.5, 0.6) is 0 Å². The number of carbonyl (C=O) groups is 1. The fraction of sp³-hybridized carbons (Fsp3) is 0.929. The minimum atomic E-state index is 0.154. The fourth-order valence-electron chi connectivity index (χ4n) is 2.79. The molecule has 2 rings (SSSR count). The molecule has 2 N–H and O–H groups in total. The third kappa shape index (κ3) is 3.01. The third-order valence-electron chi connectivity index (χ3n) is 4.24. The fourth-order valence-corrected chi connectivity index (χ4v) is 2.79. The minimum absolute atomic E-state index is 0.154. The Hall–Kier alpha value is -0.570. The van der Waals surface area contributed by atoms with E-state index >= 15 is 0 Å². The summed E-state index contributed by atoms with van der Waals surface area (Å²) in [6, 6.07) is 0.541. The molecule has 3 heteroatoms. The molecule has 2 aliphatic carbocycles. The van der Waals surface area contributed by atoms with Crippen LogP contribution in [0.15, 0.2) is 0 Å². The first kappa shape index (κ1) is 12.9. The summed E-state index contributed by atoms with van der Waals surface area (Å²) in [6.45, 7) is 5.97. The maximum atomic E-state index is 12.4. The molecule has 0 aromatic rings. The van der Waals surface area contributed by atoms with Crippen molar-refractivity contribution < 1.29 is 4.79 Å². The van der Waals surface area contributed by atoms with Crippen LogP contribution in [0.2, 0.25) is 0 Å². The van der Waals surface area contributed by atoms with Gasteiger partial charge in [-0.2, -0.15) is 0 Å². The van der Waals surface area contributed by atoms with Crippen LogP contribution in [0, 0.1) is 11.3 Å². The van der Waals surface area contributed by atoms with Crippen molar-refractivity contribution in [2.45, 2.75) is 58.4 Å². The van der Waals surface area contributed by atoms with Crippen molar-refractivity contribution in [1.29, 1.82) is 0 Å². The van der Waals surface area contributed by atoms with Crippen LogP contribution in [-0.2, 0) is 4.79 Å². The molecule has 2 fully saturated rings. The van der Waals surface area contributed by atoms with Gasteiger partial charge >= 0.3 is 0 Å². The molecule has 2 saturated carbocycles. The lowest BCUT2D eigenvalue weighted by atomic mass is 9.66. The molecule has 0 unspecified atom stereocenters. The average molecular weight is 238 g/mol. The minimum Gasteiger partial charge on any atom is -0.339 e. The Kier molecular flexibility index (Phi) is 3.76. The predicted octanol–water partition coefficient (Wildman–Crippen LogP) is 2.15. The highest BCUT2D eigenvalue weighted by atomic mass is 16.2. The topological polar surface area (TPSA) is 46.3 Å². The lowest BCUT2D eigenvalue weighted by Gasteiger charge is -2.41. The first-order valence-electron chi connectivity index (χ1n) is 7.06. The summed E-state index contributed by atoms with van der Waals surface area (Å²) in [7, 11) is 0. The highest BCUT2D eigenvalue weighted by Gasteiger charge is 2.41. The molecule has 2 aliphatic rings. The van der Waals surface area contributed by atoms with Crippen molar-refractivity contribution in [3.05, 3.63) is 0 Å². The Morgan fingerprint density at radius 2 is 2.06 bits per heavy atom. The highest BCUT2D eigenvalue weighted by Crippen LogP contribution is 2.44. The standard InChI is InChI=1S/C14H26N2O/c1-11(2)9-16(12-4-5-12)13(17)8-14(10-15)6-3-7-14/h11-12H,3-10,15H2,1-2H3. The van der Waals surface area contributed by atoms with E-state index in [-0.39, 0.29) is 5.41 Å². The Morgan fingerprint density at radius 1 is 1.41 bits per heavy atom. The monoisotopic (exact) mass is 238 g/mol. The second-order valence-electron chi connectivity index (χ2n) is 6.41. The normalized spacial score (nSPS) is 22.4. The number of nitrogens with zero attached hydrogens (tertiary/aromatic N) is 1. The molecule has 0 aromatic heterocycles. The zero-order chi connectivity index (χ0) is 12.5. The van der Waals surface area contributed by atoms with Gasteiger partial charge in [0.25, 0.3) is 0 Å². The van der Waals surface area contributed by atoms with Gasteiger partial charge in [0.2, 0.25) is 5.91 Å². The predicted molar refractivity (Wildman–Crippen MR) is 69.5 cm³/mol. The molecule has 0 saturated heterocycles. The Labute approximate surface area is 105 Å². The van der Waals surface area contributed by atoms with Crippen LogP contribution in [0.3, 0.4) is 0 Å². The molecule has 0 aromatic carbocycles. The van der Waals surface area contributed by atoms with E-state index in [1.165, 1.54) is 19.3 Å². The smallest absolute Gasteiger partial charge is 0.223 e. The molecule has 17 heavy (non-hydrogen) atoms. The van der Waals surface area contributed by atoms with E-state index in [4.69, 9.17) is 5.73 Å². The summed E-state index contributed by atoms with van der Waals surface area (Å²) < 4.78 is 0. The maximum absolute atomic E-state index is 12.4. The Morgan fingerprint density at radius 3 is 2.41 bits per heavy atom.